The molecule has 1 aliphatic carbocycles. The Kier molecular flexibility index (Phi) is 3.07. The highest BCUT2D eigenvalue weighted by Crippen LogP contribution is 2.36. The predicted molar refractivity (Wildman–Crippen MR) is 88.2 cm³/mol. The van der Waals surface area contributed by atoms with Crippen LogP contribution in [0.5, 0.6) is 0 Å². The second kappa shape index (κ2) is 5.21. The highest BCUT2D eigenvalue weighted by molar-refractivity contribution is 6.15. The number of benzene rings is 2. The lowest BCUT2D eigenvalue weighted by atomic mass is 9.90. The Labute approximate surface area is 125 Å². The Morgan fingerprint density at radius 3 is 2.48 bits per heavy atom. The Hall–Kier alpha value is -2.35. The monoisotopic (exact) mass is 274 g/mol. The van der Waals surface area contributed by atoms with Gasteiger partial charge in [-0.2, -0.15) is 0 Å². The van der Waals surface area contributed by atoms with Crippen LogP contribution in [0.3, 0.4) is 0 Å². The molecule has 0 spiro atoms. The molecule has 1 aliphatic heterocycles. The summed E-state index contributed by atoms with van der Waals surface area (Å²) in [6.07, 6.45) is 4.75. The van der Waals surface area contributed by atoms with Crippen molar-refractivity contribution in [2.75, 3.05) is 5.32 Å². The van der Waals surface area contributed by atoms with Crippen molar-refractivity contribution >= 4 is 17.1 Å². The van der Waals surface area contributed by atoms with Gasteiger partial charge in [-0.15, -0.1) is 0 Å². The maximum absolute atomic E-state index is 4.99. The van der Waals surface area contributed by atoms with Gasteiger partial charge in [0.25, 0.3) is 0 Å². The summed E-state index contributed by atoms with van der Waals surface area (Å²) in [6, 6.07) is 18.9. The number of allylic oxidation sites excluding steroid dienone is 2. The number of aliphatic imine (C=N–C) groups is 1. The van der Waals surface area contributed by atoms with Crippen molar-refractivity contribution in [1.82, 2.24) is 0 Å². The summed E-state index contributed by atoms with van der Waals surface area (Å²) >= 11 is 0. The van der Waals surface area contributed by atoms with Gasteiger partial charge in [0.15, 0.2) is 0 Å². The van der Waals surface area contributed by atoms with E-state index in [1.54, 1.807) is 0 Å². The van der Waals surface area contributed by atoms with Crippen molar-refractivity contribution in [3.63, 3.8) is 0 Å². The molecule has 2 aliphatic rings. The molecule has 0 aromatic heterocycles. The van der Waals surface area contributed by atoms with Gasteiger partial charge in [-0.3, -0.25) is 0 Å². The largest absolute Gasteiger partial charge is 0.357 e. The van der Waals surface area contributed by atoms with Gasteiger partial charge in [0.1, 0.15) is 0 Å². The van der Waals surface area contributed by atoms with Gasteiger partial charge in [-0.25, -0.2) is 4.99 Å². The molecule has 0 amide bonds. The van der Waals surface area contributed by atoms with Gasteiger partial charge in [0.05, 0.1) is 17.1 Å². The molecular weight excluding hydrogens is 256 g/mol. The normalized spacial score (nSPS) is 17.2. The summed E-state index contributed by atoms with van der Waals surface area (Å²) < 4.78 is 0. The first-order chi connectivity index (χ1) is 10.4. The number of fused-ring (bicyclic) bond motifs is 1. The van der Waals surface area contributed by atoms with Crippen LogP contribution in [0.1, 0.15) is 31.2 Å². The van der Waals surface area contributed by atoms with E-state index in [2.05, 4.69) is 59.9 Å². The zero-order valence-corrected chi connectivity index (χ0v) is 12.0. The molecule has 2 heteroatoms. The fourth-order valence-corrected chi connectivity index (χ4v) is 3.17. The van der Waals surface area contributed by atoms with Gasteiger partial charge in [-0.05, 0) is 43.4 Å². The molecule has 2 aromatic rings. The number of rotatable bonds is 1. The van der Waals surface area contributed by atoms with E-state index >= 15 is 0 Å². The average molecular weight is 274 g/mol. The summed E-state index contributed by atoms with van der Waals surface area (Å²) in [7, 11) is 0. The molecule has 2 aromatic carbocycles. The third-order valence-corrected chi connectivity index (χ3v) is 4.22. The standard InChI is InChI=1S/C19H18N2/c1-2-8-14(9-3-1)19-15-10-4-5-11-16(15)20-17-12-6-7-13-18(17)21-19/h1-3,6-9,12-13,20H,4-5,10-11H2. The molecule has 0 fully saturated rings. The first-order valence-corrected chi connectivity index (χ1v) is 7.64. The topological polar surface area (TPSA) is 24.4 Å². The second-order valence-corrected chi connectivity index (χ2v) is 5.63. The SMILES string of the molecule is c1ccc(C2=Nc3ccccc3NC3=C2CCCC3)cc1. The summed E-state index contributed by atoms with van der Waals surface area (Å²) in [5.41, 5.74) is 7.26. The summed E-state index contributed by atoms with van der Waals surface area (Å²) in [5.74, 6) is 0. The van der Waals surface area contributed by atoms with E-state index in [-0.39, 0.29) is 0 Å². The van der Waals surface area contributed by atoms with Crippen LogP contribution < -0.4 is 5.32 Å². The number of hydrogen-bond acceptors (Lipinski definition) is 2. The smallest absolute Gasteiger partial charge is 0.0872 e. The number of anilines is 1. The Bertz CT molecular complexity index is 726. The molecule has 21 heavy (non-hydrogen) atoms. The van der Waals surface area contributed by atoms with Crippen molar-refractivity contribution in [1.29, 1.82) is 0 Å². The third kappa shape index (κ3) is 2.27. The maximum atomic E-state index is 4.99. The Morgan fingerprint density at radius 1 is 0.810 bits per heavy atom. The predicted octanol–water partition coefficient (Wildman–Crippen LogP) is 5.06. The van der Waals surface area contributed by atoms with Crippen LogP contribution in [0.15, 0.2) is 70.9 Å². The summed E-state index contributed by atoms with van der Waals surface area (Å²) in [4.78, 5) is 4.99. The minimum absolute atomic E-state index is 1.03. The van der Waals surface area contributed by atoms with Gasteiger partial charge in [-0.1, -0.05) is 42.5 Å². The molecule has 0 radical (unpaired) electrons. The lowest BCUT2D eigenvalue weighted by Crippen LogP contribution is -2.14. The average Bonchev–Trinajstić information content (AvgIpc) is 2.72. The van der Waals surface area contributed by atoms with E-state index in [0.717, 1.165) is 29.9 Å². The summed E-state index contributed by atoms with van der Waals surface area (Å²) in [6.45, 7) is 0. The van der Waals surface area contributed by atoms with Crippen molar-refractivity contribution in [3.8, 4) is 0 Å². The van der Waals surface area contributed by atoms with Crippen LogP contribution in [-0.4, -0.2) is 5.71 Å². The fourth-order valence-electron chi connectivity index (χ4n) is 3.17. The van der Waals surface area contributed by atoms with E-state index in [9.17, 15) is 0 Å². The number of nitrogens with one attached hydrogen (secondary N) is 1. The van der Waals surface area contributed by atoms with Gasteiger partial charge in [0, 0.05) is 11.3 Å². The van der Waals surface area contributed by atoms with Crippen LogP contribution in [0, 0.1) is 0 Å². The highest BCUT2D eigenvalue weighted by Gasteiger charge is 2.22. The van der Waals surface area contributed by atoms with Gasteiger partial charge in [0.2, 0.25) is 0 Å². The van der Waals surface area contributed by atoms with Gasteiger partial charge >= 0.3 is 0 Å². The molecule has 0 bridgehead atoms. The molecule has 0 atom stereocenters. The number of para-hydroxylation sites is 2. The zero-order valence-electron chi connectivity index (χ0n) is 12.0. The van der Waals surface area contributed by atoms with E-state index < -0.39 is 0 Å². The van der Waals surface area contributed by atoms with E-state index in [1.807, 2.05) is 0 Å². The minimum atomic E-state index is 1.03. The van der Waals surface area contributed by atoms with Crippen LogP contribution in [0.4, 0.5) is 11.4 Å². The van der Waals surface area contributed by atoms with E-state index in [4.69, 9.17) is 4.99 Å². The lowest BCUT2D eigenvalue weighted by molar-refractivity contribution is 0.691. The molecule has 104 valence electrons. The van der Waals surface area contributed by atoms with Crippen LogP contribution in [0.25, 0.3) is 0 Å². The first-order valence-electron chi connectivity index (χ1n) is 7.64. The summed E-state index contributed by atoms with van der Waals surface area (Å²) in [5, 5.41) is 3.63. The van der Waals surface area contributed by atoms with Gasteiger partial charge < -0.3 is 5.32 Å². The third-order valence-electron chi connectivity index (χ3n) is 4.22. The zero-order chi connectivity index (χ0) is 14.1. The number of hydrogen-bond donors (Lipinski definition) is 1. The number of nitrogens with zero attached hydrogens (tertiary/aromatic N) is 1. The first kappa shape index (κ1) is 12.4. The fraction of sp³-hybridized carbons (Fsp3) is 0.211. The second-order valence-electron chi connectivity index (χ2n) is 5.63. The maximum Gasteiger partial charge on any atom is 0.0872 e. The molecule has 4 rings (SSSR count). The van der Waals surface area contributed by atoms with Crippen molar-refractivity contribution in [2.24, 2.45) is 4.99 Å². The van der Waals surface area contributed by atoms with Crippen molar-refractivity contribution < 1.29 is 0 Å². The van der Waals surface area contributed by atoms with Crippen LogP contribution in [-0.2, 0) is 0 Å². The Morgan fingerprint density at radius 2 is 1.57 bits per heavy atom. The molecule has 1 N–H and O–H groups in total. The Balaban J connectivity index is 1.93. The molecular formula is C19H18N2. The van der Waals surface area contributed by atoms with Crippen molar-refractivity contribution in [2.45, 2.75) is 25.7 Å². The minimum Gasteiger partial charge on any atom is -0.357 e. The van der Waals surface area contributed by atoms with E-state index in [0.29, 0.717) is 0 Å². The lowest BCUT2D eigenvalue weighted by Gasteiger charge is -2.21. The quantitative estimate of drug-likeness (QED) is 0.772. The van der Waals surface area contributed by atoms with Crippen LogP contribution >= 0.6 is 0 Å². The molecule has 0 unspecified atom stereocenters. The van der Waals surface area contributed by atoms with E-state index in [1.165, 1.54) is 29.7 Å². The van der Waals surface area contributed by atoms with Crippen molar-refractivity contribution in [3.05, 3.63) is 71.4 Å². The molecule has 2 nitrogen and oxygen atoms in total. The molecule has 0 saturated carbocycles. The molecule has 1 heterocycles. The highest BCUT2D eigenvalue weighted by atomic mass is 15.0. The van der Waals surface area contributed by atoms with Crippen LogP contribution in [0.2, 0.25) is 0 Å². The molecule has 0 saturated heterocycles.